The molecule has 0 aliphatic heterocycles. The van der Waals surface area contributed by atoms with Gasteiger partial charge < -0.3 is 14.6 Å². The third kappa shape index (κ3) is 2.91. The number of phenolic OH excluding ortho intramolecular Hbond substituents is 1. The lowest BCUT2D eigenvalue weighted by Crippen LogP contribution is -1.95. The number of phenols is 1. The molecule has 0 saturated carbocycles. The van der Waals surface area contributed by atoms with Crippen molar-refractivity contribution in [3.63, 3.8) is 0 Å². The number of hydrogen-bond donors (Lipinski definition) is 1. The van der Waals surface area contributed by atoms with E-state index in [1.54, 1.807) is 18.2 Å². The summed E-state index contributed by atoms with van der Waals surface area (Å²) in [6, 6.07) is 14.8. The number of hydrogen-bond acceptors (Lipinski definition) is 3. The van der Waals surface area contributed by atoms with Crippen LogP contribution in [0.15, 0.2) is 48.5 Å². The monoisotopic (exact) mass is 230 g/mol. The van der Waals surface area contributed by atoms with Gasteiger partial charge >= 0.3 is 0 Å². The smallest absolute Gasteiger partial charge is 0.164 e. The van der Waals surface area contributed by atoms with Crippen molar-refractivity contribution in [2.24, 2.45) is 0 Å². The highest BCUT2D eigenvalue weighted by molar-refractivity contribution is 5.44. The Kier molecular flexibility index (Phi) is 3.50. The van der Waals surface area contributed by atoms with Crippen molar-refractivity contribution >= 4 is 0 Å². The van der Waals surface area contributed by atoms with Crippen LogP contribution in [0, 0.1) is 0 Å². The Balaban J connectivity index is 2.04. The SMILES string of the molecule is COc1cc(OCc2ccccc2)ccc1O. The fourth-order valence-electron chi connectivity index (χ4n) is 1.49. The second kappa shape index (κ2) is 5.25. The Morgan fingerprint density at radius 1 is 1.06 bits per heavy atom. The minimum atomic E-state index is 0.111. The molecule has 0 aliphatic rings. The molecule has 17 heavy (non-hydrogen) atoms. The highest BCUT2D eigenvalue weighted by atomic mass is 16.5. The number of methoxy groups -OCH3 is 1. The number of ether oxygens (including phenoxy) is 2. The van der Waals surface area contributed by atoms with Crippen LogP contribution in [0.1, 0.15) is 5.56 Å². The molecule has 2 aromatic carbocycles. The van der Waals surface area contributed by atoms with Gasteiger partial charge in [0.25, 0.3) is 0 Å². The fourth-order valence-corrected chi connectivity index (χ4v) is 1.49. The second-order valence-corrected chi connectivity index (χ2v) is 3.61. The maximum atomic E-state index is 9.44. The normalized spacial score (nSPS) is 9.94. The van der Waals surface area contributed by atoms with E-state index < -0.39 is 0 Å². The number of benzene rings is 2. The topological polar surface area (TPSA) is 38.7 Å². The van der Waals surface area contributed by atoms with E-state index in [9.17, 15) is 5.11 Å². The van der Waals surface area contributed by atoms with Crippen LogP contribution in [-0.4, -0.2) is 12.2 Å². The zero-order valence-electron chi connectivity index (χ0n) is 9.59. The lowest BCUT2D eigenvalue weighted by molar-refractivity contribution is 0.301. The van der Waals surface area contributed by atoms with Crippen molar-refractivity contribution < 1.29 is 14.6 Å². The molecule has 0 spiro atoms. The largest absolute Gasteiger partial charge is 0.504 e. The minimum absolute atomic E-state index is 0.111. The summed E-state index contributed by atoms with van der Waals surface area (Å²) in [5.41, 5.74) is 1.10. The Hall–Kier alpha value is -2.16. The average Bonchev–Trinajstić information content (AvgIpc) is 2.39. The van der Waals surface area contributed by atoms with Gasteiger partial charge in [0, 0.05) is 6.07 Å². The molecule has 2 rings (SSSR count). The first-order valence-electron chi connectivity index (χ1n) is 5.33. The van der Waals surface area contributed by atoms with E-state index in [0.717, 1.165) is 5.56 Å². The maximum absolute atomic E-state index is 9.44. The predicted octanol–water partition coefficient (Wildman–Crippen LogP) is 2.98. The molecule has 2 aromatic rings. The Labute approximate surface area is 100 Å². The van der Waals surface area contributed by atoms with Crippen LogP contribution in [0.25, 0.3) is 0 Å². The van der Waals surface area contributed by atoms with Gasteiger partial charge in [0.1, 0.15) is 12.4 Å². The van der Waals surface area contributed by atoms with Crippen LogP contribution in [0.5, 0.6) is 17.2 Å². The molecule has 3 nitrogen and oxygen atoms in total. The summed E-state index contributed by atoms with van der Waals surface area (Å²) >= 11 is 0. The van der Waals surface area contributed by atoms with Gasteiger partial charge in [-0.05, 0) is 17.7 Å². The zero-order valence-corrected chi connectivity index (χ0v) is 9.59. The van der Waals surface area contributed by atoms with Crippen LogP contribution in [0.3, 0.4) is 0 Å². The van der Waals surface area contributed by atoms with Gasteiger partial charge in [0.15, 0.2) is 11.5 Å². The van der Waals surface area contributed by atoms with E-state index >= 15 is 0 Å². The molecular formula is C14H14O3. The van der Waals surface area contributed by atoms with Gasteiger partial charge in [-0.1, -0.05) is 30.3 Å². The summed E-state index contributed by atoms with van der Waals surface area (Å²) in [5.74, 6) is 1.19. The Morgan fingerprint density at radius 3 is 2.53 bits per heavy atom. The van der Waals surface area contributed by atoms with Gasteiger partial charge in [0.2, 0.25) is 0 Å². The van der Waals surface area contributed by atoms with Crippen LogP contribution < -0.4 is 9.47 Å². The van der Waals surface area contributed by atoms with E-state index in [4.69, 9.17) is 9.47 Å². The molecular weight excluding hydrogens is 216 g/mol. The van der Waals surface area contributed by atoms with Crippen molar-refractivity contribution in [2.75, 3.05) is 7.11 Å². The van der Waals surface area contributed by atoms with Crippen molar-refractivity contribution in [3.05, 3.63) is 54.1 Å². The first-order valence-corrected chi connectivity index (χ1v) is 5.33. The molecule has 0 bridgehead atoms. The predicted molar refractivity (Wildman–Crippen MR) is 65.4 cm³/mol. The number of rotatable bonds is 4. The number of aromatic hydroxyl groups is 1. The van der Waals surface area contributed by atoms with Gasteiger partial charge in [-0.15, -0.1) is 0 Å². The molecule has 1 N–H and O–H groups in total. The van der Waals surface area contributed by atoms with Gasteiger partial charge in [-0.3, -0.25) is 0 Å². The van der Waals surface area contributed by atoms with Crippen LogP contribution in [-0.2, 0) is 6.61 Å². The summed E-state index contributed by atoms with van der Waals surface area (Å²) < 4.78 is 10.6. The van der Waals surface area contributed by atoms with Crippen LogP contribution in [0.4, 0.5) is 0 Å². The van der Waals surface area contributed by atoms with E-state index in [1.165, 1.54) is 7.11 Å². The zero-order chi connectivity index (χ0) is 12.1. The van der Waals surface area contributed by atoms with Crippen LogP contribution >= 0.6 is 0 Å². The van der Waals surface area contributed by atoms with Gasteiger partial charge in [-0.2, -0.15) is 0 Å². The summed E-state index contributed by atoms with van der Waals surface area (Å²) in [4.78, 5) is 0. The van der Waals surface area contributed by atoms with Crippen molar-refractivity contribution in [3.8, 4) is 17.2 Å². The van der Waals surface area contributed by atoms with E-state index in [2.05, 4.69) is 0 Å². The van der Waals surface area contributed by atoms with E-state index in [-0.39, 0.29) is 5.75 Å². The summed E-state index contributed by atoms with van der Waals surface area (Å²) in [6.45, 7) is 0.495. The summed E-state index contributed by atoms with van der Waals surface area (Å²) in [5, 5.41) is 9.44. The highest BCUT2D eigenvalue weighted by Gasteiger charge is 2.03. The quantitative estimate of drug-likeness (QED) is 0.877. The minimum Gasteiger partial charge on any atom is -0.504 e. The van der Waals surface area contributed by atoms with Crippen molar-refractivity contribution in [1.82, 2.24) is 0 Å². The molecule has 0 aliphatic carbocycles. The molecule has 88 valence electrons. The standard InChI is InChI=1S/C14H14O3/c1-16-14-9-12(7-8-13(14)15)17-10-11-5-3-2-4-6-11/h2-9,15H,10H2,1H3. The van der Waals surface area contributed by atoms with Crippen molar-refractivity contribution in [2.45, 2.75) is 6.61 Å². The Bertz CT molecular complexity index is 480. The average molecular weight is 230 g/mol. The summed E-state index contributed by atoms with van der Waals surface area (Å²) in [6.07, 6.45) is 0. The van der Waals surface area contributed by atoms with Gasteiger partial charge in [0.05, 0.1) is 7.11 Å². The lowest BCUT2D eigenvalue weighted by atomic mass is 10.2. The van der Waals surface area contributed by atoms with Crippen molar-refractivity contribution in [1.29, 1.82) is 0 Å². The molecule has 0 amide bonds. The first kappa shape index (κ1) is 11.3. The molecule has 0 unspecified atom stereocenters. The lowest BCUT2D eigenvalue weighted by Gasteiger charge is -2.08. The first-order chi connectivity index (χ1) is 8.29. The molecule has 0 radical (unpaired) electrons. The third-order valence-corrected chi connectivity index (χ3v) is 2.40. The molecule has 0 fully saturated rings. The molecule has 0 saturated heterocycles. The molecule has 3 heteroatoms. The van der Waals surface area contributed by atoms with Crippen LogP contribution in [0.2, 0.25) is 0 Å². The second-order valence-electron chi connectivity index (χ2n) is 3.61. The molecule has 0 atom stereocenters. The highest BCUT2D eigenvalue weighted by Crippen LogP contribution is 2.30. The summed E-state index contributed by atoms with van der Waals surface area (Å²) in [7, 11) is 1.51. The Morgan fingerprint density at radius 2 is 1.82 bits per heavy atom. The maximum Gasteiger partial charge on any atom is 0.164 e. The van der Waals surface area contributed by atoms with Gasteiger partial charge in [-0.25, -0.2) is 0 Å². The fraction of sp³-hybridized carbons (Fsp3) is 0.143. The molecule has 0 heterocycles. The third-order valence-electron chi connectivity index (χ3n) is 2.40. The van der Waals surface area contributed by atoms with E-state index in [0.29, 0.717) is 18.1 Å². The molecule has 0 aromatic heterocycles. The van der Waals surface area contributed by atoms with E-state index in [1.807, 2.05) is 30.3 Å².